The number of halogens is 2. The molecule has 170 valence electrons. The number of rotatable bonds is 6. The first kappa shape index (κ1) is 22.1. The van der Waals surface area contributed by atoms with Crippen LogP contribution in [0.1, 0.15) is 19.8 Å². The molecule has 1 saturated heterocycles. The molecule has 0 spiro atoms. The molecule has 1 amide bonds. The summed E-state index contributed by atoms with van der Waals surface area (Å²) in [5.74, 6) is -2.08. The first-order valence-corrected chi connectivity index (χ1v) is 11.4. The minimum atomic E-state index is -3.70. The predicted octanol–water partition coefficient (Wildman–Crippen LogP) is 2.20. The number of piperidine rings is 1. The molecule has 2 heterocycles. The smallest absolute Gasteiger partial charge is 0.265 e. The SMILES string of the molecule is CC1CCCN(S(=O)(=O)c2ccc3nnn(OCC(=O)Nc4cc(F)cc(F)c4)c3c2)C1. The summed E-state index contributed by atoms with van der Waals surface area (Å²) in [6, 6.07) is 6.97. The van der Waals surface area contributed by atoms with Crippen molar-refractivity contribution in [1.82, 2.24) is 19.5 Å². The Hall–Kier alpha value is -3.12. The van der Waals surface area contributed by atoms with E-state index >= 15 is 0 Å². The third-order valence-electron chi connectivity index (χ3n) is 5.11. The molecule has 2 aromatic carbocycles. The molecule has 4 rings (SSSR count). The molecule has 1 aliphatic rings. The fraction of sp³-hybridized carbons (Fsp3) is 0.350. The summed E-state index contributed by atoms with van der Waals surface area (Å²) in [5.41, 5.74) is 0.577. The van der Waals surface area contributed by atoms with Crippen molar-refractivity contribution in [3.63, 3.8) is 0 Å². The summed E-state index contributed by atoms with van der Waals surface area (Å²) < 4.78 is 54.1. The Morgan fingerprint density at radius 1 is 1.22 bits per heavy atom. The van der Waals surface area contributed by atoms with E-state index in [4.69, 9.17) is 4.84 Å². The van der Waals surface area contributed by atoms with Gasteiger partial charge in [0, 0.05) is 24.8 Å². The van der Waals surface area contributed by atoms with E-state index in [1.54, 1.807) is 0 Å². The Labute approximate surface area is 183 Å². The van der Waals surface area contributed by atoms with Crippen LogP contribution in [0.25, 0.3) is 11.0 Å². The van der Waals surface area contributed by atoms with Crippen LogP contribution >= 0.6 is 0 Å². The van der Waals surface area contributed by atoms with Crippen LogP contribution in [-0.2, 0) is 14.8 Å². The van der Waals surface area contributed by atoms with Crippen LogP contribution in [0.3, 0.4) is 0 Å². The summed E-state index contributed by atoms with van der Waals surface area (Å²) >= 11 is 0. The molecule has 1 unspecified atom stereocenters. The number of carbonyl (C=O) groups is 1. The second-order valence-corrected chi connectivity index (χ2v) is 9.64. The summed E-state index contributed by atoms with van der Waals surface area (Å²) in [5, 5.41) is 10.00. The zero-order valence-electron chi connectivity index (χ0n) is 17.2. The van der Waals surface area contributed by atoms with Gasteiger partial charge >= 0.3 is 0 Å². The van der Waals surface area contributed by atoms with Crippen LogP contribution in [0.15, 0.2) is 41.3 Å². The Kier molecular flexibility index (Phi) is 6.07. The quantitative estimate of drug-likeness (QED) is 0.598. The third kappa shape index (κ3) is 4.70. The van der Waals surface area contributed by atoms with Crippen LogP contribution in [0.2, 0.25) is 0 Å². The topological polar surface area (TPSA) is 106 Å². The van der Waals surface area contributed by atoms with Crippen molar-refractivity contribution in [2.75, 3.05) is 25.0 Å². The van der Waals surface area contributed by atoms with Crippen LogP contribution in [0, 0.1) is 17.6 Å². The molecule has 1 N–H and O–H groups in total. The van der Waals surface area contributed by atoms with Gasteiger partial charge in [-0.15, -0.1) is 5.10 Å². The zero-order chi connectivity index (χ0) is 22.9. The highest BCUT2D eigenvalue weighted by Gasteiger charge is 2.29. The van der Waals surface area contributed by atoms with Gasteiger partial charge in [-0.3, -0.25) is 4.79 Å². The number of hydrogen-bond donors (Lipinski definition) is 1. The van der Waals surface area contributed by atoms with Gasteiger partial charge in [-0.1, -0.05) is 11.8 Å². The Morgan fingerprint density at radius 2 is 1.97 bits per heavy atom. The van der Waals surface area contributed by atoms with Crippen molar-refractivity contribution in [3.05, 3.63) is 48.0 Å². The Balaban J connectivity index is 1.49. The molecular weight excluding hydrogens is 444 g/mol. The van der Waals surface area contributed by atoms with Crippen molar-refractivity contribution < 1.29 is 26.8 Å². The maximum atomic E-state index is 13.3. The second-order valence-electron chi connectivity index (χ2n) is 7.70. The minimum absolute atomic E-state index is 0.0660. The van der Waals surface area contributed by atoms with E-state index < -0.39 is 34.2 Å². The van der Waals surface area contributed by atoms with E-state index in [1.807, 2.05) is 6.92 Å². The van der Waals surface area contributed by atoms with Crippen LogP contribution in [0.5, 0.6) is 0 Å². The van der Waals surface area contributed by atoms with Gasteiger partial charge in [0.25, 0.3) is 5.91 Å². The fourth-order valence-corrected chi connectivity index (χ4v) is 5.21. The van der Waals surface area contributed by atoms with Gasteiger partial charge in [0.1, 0.15) is 22.7 Å². The van der Waals surface area contributed by atoms with Crippen LogP contribution in [0.4, 0.5) is 14.5 Å². The maximum Gasteiger partial charge on any atom is 0.265 e. The lowest BCUT2D eigenvalue weighted by Gasteiger charge is -2.30. The molecular formula is C20H21F2N5O4S. The van der Waals surface area contributed by atoms with Gasteiger partial charge in [0.2, 0.25) is 10.0 Å². The van der Waals surface area contributed by atoms with E-state index in [-0.39, 0.29) is 22.0 Å². The number of anilines is 1. The lowest BCUT2D eigenvalue weighted by atomic mass is 10.0. The molecule has 3 aromatic rings. The highest BCUT2D eigenvalue weighted by molar-refractivity contribution is 7.89. The molecule has 1 atom stereocenters. The molecule has 0 saturated carbocycles. The number of hydrogen-bond acceptors (Lipinski definition) is 6. The maximum absolute atomic E-state index is 13.3. The Morgan fingerprint density at radius 3 is 2.69 bits per heavy atom. The molecule has 0 bridgehead atoms. The number of aromatic nitrogens is 3. The second kappa shape index (κ2) is 8.79. The number of sulfonamides is 1. The standard InChI is InChI=1S/C20H21F2N5O4S/c1-13-3-2-6-26(11-13)32(29,30)17-4-5-18-19(10-17)27(25-24-18)31-12-20(28)23-16-8-14(21)7-15(22)9-16/h4-5,7-10,13H,2-3,6,11-12H2,1H3,(H,23,28). The Bertz CT molecular complexity index is 1240. The van der Waals surface area contributed by atoms with Gasteiger partial charge in [0.05, 0.1) is 4.90 Å². The molecule has 1 fully saturated rings. The van der Waals surface area contributed by atoms with E-state index in [0.717, 1.165) is 29.8 Å². The zero-order valence-corrected chi connectivity index (χ0v) is 18.0. The molecule has 32 heavy (non-hydrogen) atoms. The number of nitrogens with zero attached hydrogens (tertiary/aromatic N) is 4. The average Bonchev–Trinajstić information content (AvgIpc) is 3.14. The lowest BCUT2D eigenvalue weighted by molar-refractivity contribution is -0.121. The summed E-state index contributed by atoms with van der Waals surface area (Å²) in [7, 11) is -3.70. The van der Waals surface area contributed by atoms with Crippen molar-refractivity contribution in [1.29, 1.82) is 0 Å². The van der Waals surface area contributed by atoms with Crippen molar-refractivity contribution >= 4 is 32.7 Å². The number of carbonyl (C=O) groups excluding carboxylic acids is 1. The molecule has 1 aromatic heterocycles. The predicted molar refractivity (Wildman–Crippen MR) is 111 cm³/mol. The van der Waals surface area contributed by atoms with Gasteiger partial charge in [-0.25, -0.2) is 17.2 Å². The summed E-state index contributed by atoms with van der Waals surface area (Å²) in [6.07, 6.45) is 1.79. The molecule has 0 radical (unpaired) electrons. The van der Waals surface area contributed by atoms with Gasteiger partial charge in [-0.2, -0.15) is 4.31 Å². The molecule has 0 aliphatic carbocycles. The number of nitrogens with one attached hydrogen (secondary N) is 1. The first-order chi connectivity index (χ1) is 15.2. The average molecular weight is 465 g/mol. The van der Waals surface area contributed by atoms with E-state index in [2.05, 4.69) is 15.6 Å². The monoisotopic (exact) mass is 465 g/mol. The highest BCUT2D eigenvalue weighted by atomic mass is 32.2. The lowest BCUT2D eigenvalue weighted by Crippen LogP contribution is -2.39. The van der Waals surface area contributed by atoms with E-state index in [9.17, 15) is 22.0 Å². The minimum Gasteiger partial charge on any atom is -0.385 e. The fourth-order valence-electron chi connectivity index (χ4n) is 3.59. The van der Waals surface area contributed by atoms with Crippen LogP contribution < -0.4 is 10.2 Å². The van der Waals surface area contributed by atoms with Crippen molar-refractivity contribution in [3.8, 4) is 0 Å². The van der Waals surface area contributed by atoms with Gasteiger partial charge in [0.15, 0.2) is 6.61 Å². The van der Waals surface area contributed by atoms with E-state index in [0.29, 0.717) is 24.7 Å². The van der Waals surface area contributed by atoms with Crippen LogP contribution in [-0.4, -0.2) is 53.5 Å². The first-order valence-electron chi connectivity index (χ1n) is 9.97. The van der Waals surface area contributed by atoms with Gasteiger partial charge < -0.3 is 10.2 Å². The molecule has 1 aliphatic heterocycles. The van der Waals surface area contributed by atoms with Gasteiger partial charge in [-0.05, 0) is 54.3 Å². The number of fused-ring (bicyclic) bond motifs is 1. The summed E-state index contributed by atoms with van der Waals surface area (Å²) in [6.45, 7) is 2.38. The largest absolute Gasteiger partial charge is 0.385 e. The number of benzene rings is 2. The molecule has 9 nitrogen and oxygen atoms in total. The number of amides is 1. The normalized spacial score (nSPS) is 17.4. The summed E-state index contributed by atoms with van der Waals surface area (Å²) in [4.78, 5) is 18.4. The van der Waals surface area contributed by atoms with Crippen molar-refractivity contribution in [2.24, 2.45) is 5.92 Å². The third-order valence-corrected chi connectivity index (χ3v) is 6.97. The van der Waals surface area contributed by atoms with Crippen molar-refractivity contribution in [2.45, 2.75) is 24.7 Å². The highest BCUT2D eigenvalue weighted by Crippen LogP contribution is 2.25. The van der Waals surface area contributed by atoms with E-state index in [1.165, 1.54) is 22.5 Å². The molecule has 12 heteroatoms.